The van der Waals surface area contributed by atoms with E-state index in [2.05, 4.69) is 20.5 Å². The number of nitrogens with zero attached hydrogens (tertiary/aromatic N) is 2. The number of hydrogen-bond donors (Lipinski definition) is 3. The fourth-order valence-corrected chi connectivity index (χ4v) is 5.29. The highest BCUT2D eigenvalue weighted by Crippen LogP contribution is 2.46. The van der Waals surface area contributed by atoms with Crippen molar-refractivity contribution in [2.75, 3.05) is 25.4 Å². The number of sulfonamides is 1. The highest BCUT2D eigenvalue weighted by atomic mass is 32.2. The molecule has 0 saturated carbocycles. The van der Waals surface area contributed by atoms with Crippen LogP contribution in [0, 0.1) is 10.8 Å². The predicted molar refractivity (Wildman–Crippen MR) is 137 cm³/mol. The van der Waals surface area contributed by atoms with E-state index in [4.69, 9.17) is 0 Å². The first-order valence-corrected chi connectivity index (χ1v) is 13.8. The molecule has 0 unspecified atom stereocenters. The Balaban J connectivity index is 2.51. The third kappa shape index (κ3) is 7.03. The quantitative estimate of drug-likeness (QED) is 0.461. The minimum atomic E-state index is -3.64. The first kappa shape index (κ1) is 28.3. The minimum Gasteiger partial charge on any atom is -0.316 e. The van der Waals surface area contributed by atoms with E-state index in [1.165, 1.54) is 5.01 Å². The van der Waals surface area contributed by atoms with Crippen LogP contribution in [0.3, 0.4) is 0 Å². The Morgan fingerprint density at radius 3 is 2.21 bits per heavy atom. The molecule has 0 bridgehead atoms. The molecule has 1 aromatic carbocycles. The van der Waals surface area contributed by atoms with E-state index in [0.29, 0.717) is 18.7 Å². The molecular weight excluding hydrogens is 474 g/mol. The lowest BCUT2D eigenvalue weighted by molar-refractivity contribution is -0.143. The zero-order valence-corrected chi connectivity index (χ0v) is 22.7. The summed E-state index contributed by atoms with van der Waals surface area (Å²) in [6, 6.07) is 9.14. The van der Waals surface area contributed by atoms with Gasteiger partial charge in [-0.15, -0.1) is 5.10 Å². The van der Waals surface area contributed by atoms with Crippen LogP contribution in [-0.2, 0) is 24.5 Å². The highest BCUT2D eigenvalue weighted by Gasteiger charge is 2.51. The molecule has 11 heteroatoms. The molecule has 9 nitrogen and oxygen atoms in total. The molecule has 1 aliphatic heterocycles. The molecule has 1 aromatic rings. The Kier molecular flexibility index (Phi) is 8.95. The first-order valence-electron chi connectivity index (χ1n) is 11.3. The van der Waals surface area contributed by atoms with Gasteiger partial charge in [0.1, 0.15) is 0 Å². The fraction of sp³-hybridized carbons (Fsp3) is 0.609. The summed E-state index contributed by atoms with van der Waals surface area (Å²) in [5.74, 6) is -0.648. The zero-order chi connectivity index (χ0) is 25.8. The van der Waals surface area contributed by atoms with Crippen molar-refractivity contribution in [1.29, 1.82) is 0 Å². The second-order valence-corrected chi connectivity index (χ2v) is 13.4. The summed E-state index contributed by atoms with van der Waals surface area (Å²) in [7, 11) is -3.64. The molecule has 34 heavy (non-hydrogen) atoms. The lowest BCUT2D eigenvalue weighted by atomic mass is 9.93. The second-order valence-electron chi connectivity index (χ2n) is 10.2. The Morgan fingerprint density at radius 2 is 1.68 bits per heavy atom. The Bertz CT molecular complexity index is 1010. The van der Waals surface area contributed by atoms with E-state index in [9.17, 15) is 18.0 Å². The number of benzene rings is 1. The van der Waals surface area contributed by atoms with Gasteiger partial charge in [0.15, 0.2) is 10.0 Å². The average molecular weight is 512 g/mol. The molecule has 190 valence electrons. The fourth-order valence-electron chi connectivity index (χ4n) is 3.01. The average Bonchev–Trinajstić information content (AvgIpc) is 3.10. The second kappa shape index (κ2) is 10.8. The van der Waals surface area contributed by atoms with Gasteiger partial charge in [-0.25, -0.2) is 18.1 Å². The van der Waals surface area contributed by atoms with Gasteiger partial charge in [-0.3, -0.25) is 9.59 Å². The molecule has 0 radical (unpaired) electrons. The van der Waals surface area contributed by atoms with Crippen molar-refractivity contribution in [3.63, 3.8) is 0 Å². The molecular formula is C23H37N5O4S2. The molecule has 1 atom stereocenters. The summed E-state index contributed by atoms with van der Waals surface area (Å²) in [5, 5.41) is 11.9. The summed E-state index contributed by atoms with van der Waals surface area (Å²) >= 11 is 1.16. The van der Waals surface area contributed by atoms with E-state index in [1.54, 1.807) is 41.5 Å². The number of amides is 2. The van der Waals surface area contributed by atoms with Gasteiger partial charge in [0.25, 0.3) is 0 Å². The van der Waals surface area contributed by atoms with Gasteiger partial charge in [0, 0.05) is 17.4 Å². The predicted octanol–water partition coefficient (Wildman–Crippen LogP) is 2.42. The number of hydrazone groups is 1. The molecule has 0 fully saturated rings. The van der Waals surface area contributed by atoms with Crippen LogP contribution in [0.25, 0.3) is 0 Å². The number of nitrogens with one attached hydrogen (secondary N) is 3. The van der Waals surface area contributed by atoms with Crippen molar-refractivity contribution in [1.82, 2.24) is 20.4 Å². The maximum absolute atomic E-state index is 13.5. The normalized spacial score (nSPS) is 19.1. The maximum atomic E-state index is 13.5. The van der Waals surface area contributed by atoms with Gasteiger partial charge in [0.05, 0.1) is 12.3 Å². The van der Waals surface area contributed by atoms with Crippen molar-refractivity contribution in [3.8, 4) is 0 Å². The van der Waals surface area contributed by atoms with Crippen molar-refractivity contribution in [3.05, 3.63) is 35.9 Å². The van der Waals surface area contributed by atoms with Crippen LogP contribution in [0.1, 0.15) is 54.0 Å². The smallest absolute Gasteiger partial charge is 0.249 e. The maximum Gasteiger partial charge on any atom is 0.249 e. The molecule has 2 amide bonds. The first-order chi connectivity index (χ1) is 15.6. The molecule has 3 N–H and O–H groups in total. The number of carbonyl (C=O) groups excluding carboxylic acids is 2. The summed E-state index contributed by atoms with van der Waals surface area (Å²) in [6.45, 7) is 13.4. The SMILES string of the molecule is CCNCCS(=O)(=O)NC[C@]1(c2ccccc2)SC(NC(=O)C(C)(C)C)=NN1C(=O)C(C)(C)C. The van der Waals surface area contributed by atoms with E-state index < -0.39 is 25.7 Å². The summed E-state index contributed by atoms with van der Waals surface area (Å²) in [5.41, 5.74) is -0.776. The monoisotopic (exact) mass is 511 g/mol. The number of carbonyl (C=O) groups is 2. The lowest BCUT2D eigenvalue weighted by Crippen LogP contribution is -2.52. The Labute approximate surface area is 207 Å². The van der Waals surface area contributed by atoms with Crippen LogP contribution in [0.15, 0.2) is 35.4 Å². The summed E-state index contributed by atoms with van der Waals surface area (Å²) < 4.78 is 28.1. The van der Waals surface area contributed by atoms with E-state index in [0.717, 1.165) is 11.8 Å². The number of hydrogen-bond acceptors (Lipinski definition) is 7. The Hall–Kier alpha value is -1.95. The highest BCUT2D eigenvalue weighted by molar-refractivity contribution is 8.14. The summed E-state index contributed by atoms with van der Waals surface area (Å²) in [6.07, 6.45) is 0. The van der Waals surface area contributed by atoms with Crippen LogP contribution < -0.4 is 15.4 Å². The van der Waals surface area contributed by atoms with Crippen LogP contribution >= 0.6 is 11.8 Å². The molecule has 0 spiro atoms. The van der Waals surface area contributed by atoms with Gasteiger partial charge >= 0.3 is 0 Å². The van der Waals surface area contributed by atoms with Crippen LogP contribution in [0.4, 0.5) is 0 Å². The molecule has 0 aliphatic carbocycles. The van der Waals surface area contributed by atoms with Gasteiger partial charge in [-0.2, -0.15) is 0 Å². The third-order valence-corrected chi connectivity index (χ3v) is 7.68. The molecule has 2 rings (SSSR count). The molecule has 0 saturated heterocycles. The number of thioether (sulfide) groups is 1. The van der Waals surface area contributed by atoms with Gasteiger partial charge in [0.2, 0.25) is 21.8 Å². The van der Waals surface area contributed by atoms with E-state index in [1.807, 2.05) is 37.3 Å². The number of rotatable bonds is 8. The summed E-state index contributed by atoms with van der Waals surface area (Å²) in [4.78, 5) is 25.0. The number of amidine groups is 1. The lowest BCUT2D eigenvalue weighted by Gasteiger charge is -2.38. The van der Waals surface area contributed by atoms with Crippen molar-refractivity contribution in [2.24, 2.45) is 15.9 Å². The molecule has 1 heterocycles. The van der Waals surface area contributed by atoms with E-state index >= 15 is 0 Å². The van der Waals surface area contributed by atoms with Crippen LogP contribution in [0.5, 0.6) is 0 Å². The van der Waals surface area contributed by atoms with Gasteiger partial charge in [-0.05, 0) is 23.9 Å². The third-order valence-electron chi connectivity index (χ3n) is 5.09. The molecule has 1 aliphatic rings. The van der Waals surface area contributed by atoms with Crippen molar-refractivity contribution < 1.29 is 18.0 Å². The topological polar surface area (TPSA) is 120 Å². The van der Waals surface area contributed by atoms with Crippen LogP contribution in [0.2, 0.25) is 0 Å². The molecule has 0 aromatic heterocycles. The van der Waals surface area contributed by atoms with Crippen LogP contribution in [-0.4, -0.2) is 55.8 Å². The minimum absolute atomic E-state index is 0.0991. The standard InChI is InChI=1S/C23H37N5O4S2/c1-8-24-14-15-34(31,32)25-16-23(17-12-10-9-11-13-17)28(19(30)22(5,6)7)27-20(33-23)26-18(29)21(2,3)4/h9-13,24-25H,8,14-16H2,1-7H3,(H,26,27,29)/t23-/m1/s1. The Morgan fingerprint density at radius 1 is 1.06 bits per heavy atom. The van der Waals surface area contributed by atoms with Gasteiger partial charge in [-0.1, -0.05) is 78.8 Å². The largest absolute Gasteiger partial charge is 0.316 e. The van der Waals surface area contributed by atoms with E-state index in [-0.39, 0.29) is 29.3 Å². The van der Waals surface area contributed by atoms with Gasteiger partial charge < -0.3 is 10.6 Å². The van der Waals surface area contributed by atoms with Crippen molar-refractivity contribution in [2.45, 2.75) is 53.3 Å². The zero-order valence-electron chi connectivity index (χ0n) is 21.1. The van der Waals surface area contributed by atoms with Crippen molar-refractivity contribution >= 4 is 38.8 Å².